The molecule has 1 amide bonds. The zero-order chi connectivity index (χ0) is 13.7. The first-order valence-corrected chi connectivity index (χ1v) is 7.06. The highest BCUT2D eigenvalue weighted by Crippen LogP contribution is 2.09. The Labute approximate surface area is 118 Å². The van der Waals surface area contributed by atoms with Gasteiger partial charge in [0.2, 0.25) is 0 Å². The van der Waals surface area contributed by atoms with Crippen molar-refractivity contribution in [2.45, 2.75) is 6.42 Å². The molecule has 1 aromatic rings. The van der Waals surface area contributed by atoms with E-state index in [2.05, 4.69) is 27.1 Å². The Morgan fingerprint density at radius 2 is 2.16 bits per heavy atom. The monoisotopic (exact) mass is 284 g/mol. The van der Waals surface area contributed by atoms with Gasteiger partial charge >= 0.3 is 0 Å². The van der Waals surface area contributed by atoms with Crippen molar-refractivity contribution in [3.05, 3.63) is 23.0 Å². The molecule has 1 aliphatic rings. The molecule has 106 valence electrons. The molecule has 0 unspecified atom stereocenters. The fourth-order valence-electron chi connectivity index (χ4n) is 2.17. The molecule has 0 spiro atoms. The van der Waals surface area contributed by atoms with E-state index in [-0.39, 0.29) is 5.91 Å². The second-order valence-corrected chi connectivity index (χ2v) is 5.42. The lowest BCUT2D eigenvalue weighted by atomic mass is 10.3. The van der Waals surface area contributed by atoms with Crippen molar-refractivity contribution in [2.75, 3.05) is 46.3 Å². The lowest BCUT2D eigenvalue weighted by molar-refractivity contribution is 0.0945. The van der Waals surface area contributed by atoms with E-state index in [1.54, 1.807) is 12.3 Å². The third kappa shape index (κ3) is 4.53. The summed E-state index contributed by atoms with van der Waals surface area (Å²) in [6, 6.07) is 1.64. The number of H-pyrrole nitrogens is 1. The second kappa shape index (κ2) is 6.93. The number of nitrogens with zero attached hydrogens (tertiary/aromatic N) is 2. The molecule has 0 radical (unpaired) electrons. The van der Waals surface area contributed by atoms with Crippen LogP contribution in [0.3, 0.4) is 0 Å². The Morgan fingerprint density at radius 1 is 1.42 bits per heavy atom. The Morgan fingerprint density at radius 3 is 2.79 bits per heavy atom. The van der Waals surface area contributed by atoms with Gasteiger partial charge in [-0.15, -0.1) is 0 Å². The Balaban J connectivity index is 1.60. The minimum Gasteiger partial charge on any atom is -0.356 e. The van der Waals surface area contributed by atoms with Crippen LogP contribution in [0, 0.1) is 0 Å². The first-order valence-electron chi connectivity index (χ1n) is 6.68. The Kier molecular flexibility index (Phi) is 5.24. The fourth-order valence-corrected chi connectivity index (χ4v) is 2.33. The molecule has 1 aromatic heterocycles. The van der Waals surface area contributed by atoms with Gasteiger partial charge in [0, 0.05) is 38.9 Å². The lowest BCUT2D eigenvalue weighted by Gasteiger charge is -2.32. The maximum absolute atomic E-state index is 11.7. The van der Waals surface area contributed by atoms with E-state index in [1.165, 1.54) is 0 Å². The van der Waals surface area contributed by atoms with Crippen molar-refractivity contribution in [1.82, 2.24) is 20.1 Å². The molecule has 2 heterocycles. The number of carbonyl (C=O) groups is 1. The molecule has 0 aromatic carbocycles. The van der Waals surface area contributed by atoms with Gasteiger partial charge in [-0.2, -0.15) is 0 Å². The first-order chi connectivity index (χ1) is 9.15. The number of hydrogen-bond acceptors (Lipinski definition) is 3. The van der Waals surface area contributed by atoms with Gasteiger partial charge in [-0.3, -0.25) is 4.79 Å². The summed E-state index contributed by atoms with van der Waals surface area (Å²) in [5, 5.41) is 3.45. The third-order valence-corrected chi connectivity index (χ3v) is 3.64. The number of aromatic amines is 1. The number of rotatable bonds is 5. The summed E-state index contributed by atoms with van der Waals surface area (Å²) < 4.78 is 0. The van der Waals surface area contributed by atoms with Crippen LogP contribution in [-0.2, 0) is 0 Å². The molecular weight excluding hydrogens is 264 g/mol. The van der Waals surface area contributed by atoms with E-state index in [0.29, 0.717) is 17.3 Å². The van der Waals surface area contributed by atoms with Crippen LogP contribution >= 0.6 is 11.6 Å². The molecule has 1 saturated heterocycles. The smallest absolute Gasteiger partial charge is 0.267 e. The number of hydrogen-bond donors (Lipinski definition) is 2. The second-order valence-electron chi connectivity index (χ2n) is 4.99. The minimum absolute atomic E-state index is 0.0923. The molecule has 5 nitrogen and oxygen atoms in total. The largest absolute Gasteiger partial charge is 0.356 e. The molecule has 1 aliphatic heterocycles. The average molecular weight is 285 g/mol. The molecule has 0 bridgehead atoms. The predicted molar refractivity (Wildman–Crippen MR) is 76.7 cm³/mol. The summed E-state index contributed by atoms with van der Waals surface area (Å²) in [5.41, 5.74) is 0.518. The maximum atomic E-state index is 11.7. The average Bonchev–Trinajstić information content (AvgIpc) is 2.83. The van der Waals surface area contributed by atoms with Crippen LogP contribution in [-0.4, -0.2) is 67.0 Å². The van der Waals surface area contributed by atoms with Gasteiger partial charge < -0.3 is 20.1 Å². The Bertz CT molecular complexity index is 413. The van der Waals surface area contributed by atoms with Crippen LogP contribution in [0.4, 0.5) is 0 Å². The molecule has 0 atom stereocenters. The van der Waals surface area contributed by atoms with Gasteiger partial charge in [0.25, 0.3) is 5.91 Å². The summed E-state index contributed by atoms with van der Waals surface area (Å²) >= 11 is 5.76. The normalized spacial score (nSPS) is 17.6. The van der Waals surface area contributed by atoms with Crippen molar-refractivity contribution in [3.63, 3.8) is 0 Å². The van der Waals surface area contributed by atoms with Crippen molar-refractivity contribution >= 4 is 17.5 Å². The highest BCUT2D eigenvalue weighted by Gasteiger charge is 2.13. The van der Waals surface area contributed by atoms with Gasteiger partial charge in [0.15, 0.2) is 0 Å². The van der Waals surface area contributed by atoms with Crippen LogP contribution in [0.5, 0.6) is 0 Å². The van der Waals surface area contributed by atoms with E-state index in [4.69, 9.17) is 11.6 Å². The topological polar surface area (TPSA) is 51.4 Å². The standard InChI is InChI=1S/C13H21ClN4O/c1-17-5-7-18(8-6-17)4-2-3-15-13(19)12-9-11(14)10-16-12/h9-10,16H,2-8H2,1H3,(H,15,19). The molecule has 19 heavy (non-hydrogen) atoms. The summed E-state index contributed by atoms with van der Waals surface area (Å²) in [6.07, 6.45) is 2.59. The van der Waals surface area contributed by atoms with E-state index in [9.17, 15) is 4.79 Å². The van der Waals surface area contributed by atoms with Crippen LogP contribution < -0.4 is 5.32 Å². The van der Waals surface area contributed by atoms with Crippen molar-refractivity contribution in [3.8, 4) is 0 Å². The summed E-state index contributed by atoms with van der Waals surface area (Å²) in [5.74, 6) is -0.0923. The highest BCUT2D eigenvalue weighted by molar-refractivity contribution is 6.30. The van der Waals surface area contributed by atoms with Gasteiger partial charge in [-0.1, -0.05) is 11.6 Å². The molecule has 6 heteroatoms. The summed E-state index contributed by atoms with van der Waals surface area (Å²) in [4.78, 5) is 19.4. The van der Waals surface area contributed by atoms with Gasteiger partial charge in [-0.25, -0.2) is 0 Å². The number of halogens is 1. The van der Waals surface area contributed by atoms with Crippen LogP contribution in [0.2, 0.25) is 5.02 Å². The quantitative estimate of drug-likeness (QED) is 0.795. The molecule has 0 saturated carbocycles. The fraction of sp³-hybridized carbons (Fsp3) is 0.615. The zero-order valence-corrected chi connectivity index (χ0v) is 12.0. The number of amides is 1. The molecule has 1 fully saturated rings. The van der Waals surface area contributed by atoms with Crippen molar-refractivity contribution in [1.29, 1.82) is 0 Å². The molecule has 0 aliphatic carbocycles. The van der Waals surface area contributed by atoms with Crippen LogP contribution in [0.15, 0.2) is 12.3 Å². The molecular formula is C13H21ClN4O. The number of aromatic nitrogens is 1. The van der Waals surface area contributed by atoms with Crippen LogP contribution in [0.25, 0.3) is 0 Å². The van der Waals surface area contributed by atoms with Gasteiger partial charge in [0.1, 0.15) is 5.69 Å². The maximum Gasteiger partial charge on any atom is 0.267 e. The minimum atomic E-state index is -0.0923. The van der Waals surface area contributed by atoms with E-state index >= 15 is 0 Å². The Hall–Kier alpha value is -1.04. The highest BCUT2D eigenvalue weighted by atomic mass is 35.5. The number of likely N-dealkylation sites (N-methyl/N-ethyl adjacent to an activating group) is 1. The van der Waals surface area contributed by atoms with E-state index in [1.807, 2.05) is 0 Å². The SMILES string of the molecule is CN1CCN(CCCNC(=O)c2cc(Cl)c[nH]2)CC1. The van der Waals surface area contributed by atoms with Gasteiger partial charge in [0.05, 0.1) is 5.02 Å². The van der Waals surface area contributed by atoms with Crippen LogP contribution in [0.1, 0.15) is 16.9 Å². The summed E-state index contributed by atoms with van der Waals surface area (Å²) in [6.45, 7) is 6.25. The van der Waals surface area contributed by atoms with Gasteiger partial charge in [-0.05, 0) is 26.1 Å². The number of carbonyl (C=O) groups excluding carboxylic acids is 1. The summed E-state index contributed by atoms with van der Waals surface area (Å²) in [7, 11) is 2.15. The first kappa shape index (κ1) is 14.4. The number of piperazine rings is 1. The zero-order valence-electron chi connectivity index (χ0n) is 11.3. The third-order valence-electron chi connectivity index (χ3n) is 3.42. The number of nitrogens with one attached hydrogen (secondary N) is 2. The lowest BCUT2D eigenvalue weighted by Crippen LogP contribution is -2.45. The van der Waals surface area contributed by atoms with Crippen molar-refractivity contribution < 1.29 is 4.79 Å². The van der Waals surface area contributed by atoms with E-state index < -0.39 is 0 Å². The van der Waals surface area contributed by atoms with Crippen molar-refractivity contribution in [2.24, 2.45) is 0 Å². The molecule has 2 rings (SSSR count). The predicted octanol–water partition coefficient (Wildman–Crippen LogP) is 1.04. The van der Waals surface area contributed by atoms with E-state index in [0.717, 1.165) is 39.1 Å². The molecule has 2 N–H and O–H groups in total.